The summed E-state index contributed by atoms with van der Waals surface area (Å²) in [6.07, 6.45) is 4.55. The van der Waals surface area contributed by atoms with E-state index in [0.717, 1.165) is 17.5 Å². The van der Waals surface area contributed by atoms with Crippen molar-refractivity contribution >= 4 is 5.91 Å². The predicted octanol–water partition coefficient (Wildman–Crippen LogP) is 2.00. The Labute approximate surface area is 130 Å². The number of carbonyl (C=O) groups is 1. The van der Waals surface area contributed by atoms with Gasteiger partial charge in [0.25, 0.3) is 0 Å². The van der Waals surface area contributed by atoms with Crippen LogP contribution in [0.3, 0.4) is 0 Å². The highest BCUT2D eigenvalue weighted by atomic mass is 16.5. The number of aromatic nitrogens is 1. The van der Waals surface area contributed by atoms with E-state index >= 15 is 0 Å². The molecule has 0 unspecified atom stereocenters. The standard InChI is InChI=1S/C17H20N2O3/c1-21-15-5-6-16(22-2)14(10-15)11-17(20)19-9-7-13-4-3-8-18-12-13/h3-6,8,10,12H,7,9,11H2,1-2H3,(H,19,20). The molecule has 0 spiro atoms. The normalized spacial score (nSPS) is 10.1. The highest BCUT2D eigenvalue weighted by molar-refractivity contribution is 5.79. The molecule has 0 atom stereocenters. The van der Waals surface area contributed by atoms with Gasteiger partial charge >= 0.3 is 0 Å². The van der Waals surface area contributed by atoms with E-state index in [4.69, 9.17) is 9.47 Å². The first-order valence-electron chi connectivity index (χ1n) is 7.09. The predicted molar refractivity (Wildman–Crippen MR) is 84.2 cm³/mol. The van der Waals surface area contributed by atoms with Crippen LogP contribution in [0.5, 0.6) is 11.5 Å². The molecule has 0 saturated heterocycles. The summed E-state index contributed by atoms with van der Waals surface area (Å²) in [5.74, 6) is 1.35. The molecule has 0 saturated carbocycles. The van der Waals surface area contributed by atoms with Gasteiger partial charge in [0.1, 0.15) is 11.5 Å². The van der Waals surface area contributed by atoms with E-state index < -0.39 is 0 Å². The van der Waals surface area contributed by atoms with Gasteiger partial charge in [-0.2, -0.15) is 0 Å². The zero-order valence-electron chi connectivity index (χ0n) is 12.8. The zero-order valence-corrected chi connectivity index (χ0v) is 12.8. The lowest BCUT2D eigenvalue weighted by Gasteiger charge is -2.11. The number of carbonyl (C=O) groups excluding carboxylic acids is 1. The minimum absolute atomic E-state index is 0.0459. The van der Waals surface area contributed by atoms with Gasteiger partial charge in [0, 0.05) is 24.5 Å². The van der Waals surface area contributed by atoms with Gasteiger partial charge in [0.05, 0.1) is 20.6 Å². The Hall–Kier alpha value is -2.56. The monoisotopic (exact) mass is 300 g/mol. The molecule has 116 valence electrons. The summed E-state index contributed by atoms with van der Waals surface area (Å²) in [6.45, 7) is 0.580. The smallest absolute Gasteiger partial charge is 0.224 e. The second kappa shape index (κ2) is 8.02. The second-order valence-corrected chi connectivity index (χ2v) is 4.82. The van der Waals surface area contributed by atoms with E-state index in [1.807, 2.05) is 24.3 Å². The lowest BCUT2D eigenvalue weighted by atomic mass is 10.1. The molecule has 2 aromatic rings. The number of nitrogens with one attached hydrogen (secondary N) is 1. The Kier molecular flexibility index (Phi) is 5.77. The van der Waals surface area contributed by atoms with Crippen molar-refractivity contribution < 1.29 is 14.3 Å². The number of hydrogen-bond acceptors (Lipinski definition) is 4. The van der Waals surface area contributed by atoms with E-state index in [1.165, 1.54) is 0 Å². The molecule has 1 aromatic carbocycles. The van der Waals surface area contributed by atoms with Crippen LogP contribution < -0.4 is 14.8 Å². The summed E-state index contributed by atoms with van der Waals surface area (Å²) in [4.78, 5) is 16.1. The molecule has 5 heteroatoms. The average Bonchev–Trinajstić information content (AvgIpc) is 2.55. The third-order valence-corrected chi connectivity index (χ3v) is 3.30. The lowest BCUT2D eigenvalue weighted by Crippen LogP contribution is -2.27. The van der Waals surface area contributed by atoms with Crippen LogP contribution in [0.25, 0.3) is 0 Å². The fraction of sp³-hybridized carbons (Fsp3) is 0.294. The lowest BCUT2D eigenvalue weighted by molar-refractivity contribution is -0.120. The maximum Gasteiger partial charge on any atom is 0.224 e. The Morgan fingerprint density at radius 2 is 2.09 bits per heavy atom. The van der Waals surface area contributed by atoms with Crippen LogP contribution in [0, 0.1) is 0 Å². The van der Waals surface area contributed by atoms with Crippen molar-refractivity contribution in [1.82, 2.24) is 10.3 Å². The molecule has 1 aromatic heterocycles. The van der Waals surface area contributed by atoms with E-state index in [2.05, 4.69) is 10.3 Å². The van der Waals surface area contributed by atoms with Gasteiger partial charge in [-0.15, -0.1) is 0 Å². The summed E-state index contributed by atoms with van der Waals surface area (Å²) >= 11 is 0. The summed E-state index contributed by atoms with van der Waals surface area (Å²) in [5.41, 5.74) is 1.91. The molecule has 0 radical (unpaired) electrons. The first kappa shape index (κ1) is 15.8. The summed E-state index contributed by atoms with van der Waals surface area (Å²) in [5, 5.41) is 2.91. The molecule has 0 aliphatic heterocycles. The Balaban J connectivity index is 1.89. The summed E-state index contributed by atoms with van der Waals surface area (Å²) in [7, 11) is 3.19. The van der Waals surface area contributed by atoms with Crippen LogP contribution >= 0.6 is 0 Å². The maximum absolute atomic E-state index is 12.0. The van der Waals surface area contributed by atoms with Gasteiger partial charge < -0.3 is 14.8 Å². The number of amides is 1. The number of pyridine rings is 1. The molecule has 1 heterocycles. The molecule has 0 bridgehead atoms. The highest BCUT2D eigenvalue weighted by Crippen LogP contribution is 2.24. The minimum atomic E-state index is -0.0459. The number of methoxy groups -OCH3 is 2. The molecule has 1 amide bonds. The fourth-order valence-corrected chi connectivity index (χ4v) is 2.15. The van der Waals surface area contributed by atoms with Crippen LogP contribution in [0.1, 0.15) is 11.1 Å². The Morgan fingerprint density at radius 3 is 2.77 bits per heavy atom. The molecule has 0 aliphatic rings. The zero-order chi connectivity index (χ0) is 15.8. The SMILES string of the molecule is COc1ccc(OC)c(CC(=O)NCCc2cccnc2)c1. The maximum atomic E-state index is 12.0. The second-order valence-electron chi connectivity index (χ2n) is 4.82. The topological polar surface area (TPSA) is 60.5 Å². The van der Waals surface area contributed by atoms with E-state index in [-0.39, 0.29) is 12.3 Å². The first-order chi connectivity index (χ1) is 10.7. The third kappa shape index (κ3) is 4.48. The average molecular weight is 300 g/mol. The third-order valence-electron chi connectivity index (χ3n) is 3.30. The Bertz CT molecular complexity index is 615. The number of nitrogens with zero attached hydrogens (tertiary/aromatic N) is 1. The molecule has 22 heavy (non-hydrogen) atoms. The van der Waals surface area contributed by atoms with Crippen molar-refractivity contribution in [2.45, 2.75) is 12.8 Å². The van der Waals surface area contributed by atoms with Crippen LogP contribution in [0.4, 0.5) is 0 Å². The molecule has 0 fully saturated rings. The fourth-order valence-electron chi connectivity index (χ4n) is 2.15. The molecule has 5 nitrogen and oxygen atoms in total. The van der Waals surface area contributed by atoms with Crippen molar-refractivity contribution in [3.05, 3.63) is 53.9 Å². The van der Waals surface area contributed by atoms with E-state index in [9.17, 15) is 4.79 Å². The van der Waals surface area contributed by atoms with Gasteiger partial charge in [-0.25, -0.2) is 0 Å². The summed E-state index contributed by atoms with van der Waals surface area (Å²) in [6, 6.07) is 9.31. The van der Waals surface area contributed by atoms with Crippen molar-refractivity contribution in [2.75, 3.05) is 20.8 Å². The van der Waals surface area contributed by atoms with E-state index in [0.29, 0.717) is 18.0 Å². The molecule has 2 rings (SSSR count). The molecular weight excluding hydrogens is 280 g/mol. The number of benzene rings is 1. The van der Waals surface area contributed by atoms with Gasteiger partial charge in [0.15, 0.2) is 0 Å². The van der Waals surface area contributed by atoms with Crippen molar-refractivity contribution in [3.8, 4) is 11.5 Å². The molecule has 0 aliphatic carbocycles. The van der Waals surface area contributed by atoms with Crippen LogP contribution in [-0.4, -0.2) is 31.7 Å². The van der Waals surface area contributed by atoms with Crippen molar-refractivity contribution in [3.63, 3.8) is 0 Å². The quantitative estimate of drug-likeness (QED) is 0.849. The first-order valence-corrected chi connectivity index (χ1v) is 7.09. The van der Waals surface area contributed by atoms with Gasteiger partial charge in [-0.3, -0.25) is 9.78 Å². The van der Waals surface area contributed by atoms with Gasteiger partial charge in [0.2, 0.25) is 5.91 Å². The van der Waals surface area contributed by atoms with Crippen LogP contribution in [0.15, 0.2) is 42.7 Å². The van der Waals surface area contributed by atoms with Crippen molar-refractivity contribution in [1.29, 1.82) is 0 Å². The Morgan fingerprint density at radius 1 is 1.23 bits per heavy atom. The number of rotatable bonds is 7. The number of ether oxygens (including phenoxy) is 2. The van der Waals surface area contributed by atoms with Crippen LogP contribution in [-0.2, 0) is 17.6 Å². The number of hydrogen-bond donors (Lipinski definition) is 1. The minimum Gasteiger partial charge on any atom is -0.497 e. The van der Waals surface area contributed by atoms with Gasteiger partial charge in [-0.1, -0.05) is 6.07 Å². The van der Waals surface area contributed by atoms with Gasteiger partial charge in [-0.05, 0) is 36.2 Å². The molecule has 1 N–H and O–H groups in total. The van der Waals surface area contributed by atoms with E-state index in [1.54, 1.807) is 32.7 Å². The largest absolute Gasteiger partial charge is 0.497 e. The van der Waals surface area contributed by atoms with Crippen molar-refractivity contribution in [2.24, 2.45) is 0 Å². The molecular formula is C17H20N2O3. The summed E-state index contributed by atoms with van der Waals surface area (Å²) < 4.78 is 10.5. The van der Waals surface area contributed by atoms with Crippen LogP contribution in [0.2, 0.25) is 0 Å². The highest BCUT2D eigenvalue weighted by Gasteiger charge is 2.10.